The molecule has 0 saturated carbocycles. The fraction of sp³-hybridized carbons (Fsp3) is 0.409. The minimum atomic E-state index is 0.130. The monoisotopic (exact) mass is 362 g/mol. The zero-order chi connectivity index (χ0) is 19.0. The van der Waals surface area contributed by atoms with Crippen LogP contribution in [0.4, 0.5) is 0 Å². The number of likely N-dealkylation sites (tertiary alicyclic amines) is 1. The average Bonchev–Trinajstić information content (AvgIpc) is 3.33. The third kappa shape index (κ3) is 3.22. The Balaban J connectivity index is 1.91. The maximum absolute atomic E-state index is 13.4. The fourth-order valence-corrected chi connectivity index (χ4v) is 3.94. The van der Waals surface area contributed by atoms with Gasteiger partial charge >= 0.3 is 0 Å². The van der Waals surface area contributed by atoms with Gasteiger partial charge in [-0.2, -0.15) is 5.10 Å². The summed E-state index contributed by atoms with van der Waals surface area (Å²) in [7, 11) is 0. The van der Waals surface area contributed by atoms with Gasteiger partial charge in [0.25, 0.3) is 5.91 Å². The molecule has 0 bridgehead atoms. The molecule has 5 nitrogen and oxygen atoms in total. The quantitative estimate of drug-likeness (QED) is 0.693. The number of benzene rings is 1. The number of rotatable bonds is 4. The Labute approximate surface area is 160 Å². The lowest BCUT2D eigenvalue weighted by Gasteiger charge is -2.20. The number of carbonyl (C=O) groups is 1. The number of aromatic nitrogens is 3. The number of aryl methyl sites for hydroxylation is 2. The molecule has 27 heavy (non-hydrogen) atoms. The molecule has 1 aliphatic heterocycles. The molecule has 3 aromatic rings. The van der Waals surface area contributed by atoms with E-state index in [1.807, 2.05) is 35.0 Å². The van der Waals surface area contributed by atoms with Crippen LogP contribution in [0.1, 0.15) is 47.7 Å². The maximum Gasteiger partial charge on any atom is 0.254 e. The summed E-state index contributed by atoms with van der Waals surface area (Å²) in [5, 5.41) is 5.40. The molecular weight excluding hydrogens is 336 g/mol. The van der Waals surface area contributed by atoms with E-state index in [-0.39, 0.29) is 5.91 Å². The SMILES string of the molecule is CCCn1cc(-c2nc3ccc(C)cc3c(C(=O)N3CCCC3)c2C)cn1. The highest BCUT2D eigenvalue weighted by Gasteiger charge is 2.25. The highest BCUT2D eigenvalue weighted by molar-refractivity contribution is 6.09. The molecule has 0 radical (unpaired) electrons. The maximum atomic E-state index is 13.4. The van der Waals surface area contributed by atoms with Gasteiger partial charge in [0, 0.05) is 36.8 Å². The van der Waals surface area contributed by atoms with Gasteiger partial charge in [0.15, 0.2) is 0 Å². The topological polar surface area (TPSA) is 51.0 Å². The standard InChI is InChI=1S/C22H26N4O/c1-4-9-26-14-17(13-23-26)21-16(3)20(22(27)25-10-5-6-11-25)18-12-15(2)7-8-19(18)24-21/h7-8,12-14H,4-6,9-11H2,1-3H3. The minimum Gasteiger partial charge on any atom is -0.339 e. The lowest BCUT2D eigenvalue weighted by Crippen LogP contribution is -2.28. The zero-order valence-electron chi connectivity index (χ0n) is 16.3. The van der Waals surface area contributed by atoms with Gasteiger partial charge < -0.3 is 4.90 Å². The summed E-state index contributed by atoms with van der Waals surface area (Å²) in [5.41, 5.74) is 5.58. The molecule has 140 valence electrons. The van der Waals surface area contributed by atoms with Crippen molar-refractivity contribution in [2.24, 2.45) is 0 Å². The van der Waals surface area contributed by atoms with Gasteiger partial charge in [0.2, 0.25) is 0 Å². The third-order valence-electron chi connectivity index (χ3n) is 5.35. The van der Waals surface area contributed by atoms with Crippen molar-refractivity contribution >= 4 is 16.8 Å². The summed E-state index contributed by atoms with van der Waals surface area (Å²) in [6, 6.07) is 6.16. The Morgan fingerprint density at radius 1 is 1.19 bits per heavy atom. The van der Waals surface area contributed by atoms with Crippen molar-refractivity contribution in [2.75, 3.05) is 13.1 Å². The first-order valence-electron chi connectivity index (χ1n) is 9.81. The van der Waals surface area contributed by atoms with Crippen LogP contribution in [0, 0.1) is 13.8 Å². The van der Waals surface area contributed by atoms with E-state index in [1.54, 1.807) is 0 Å². The van der Waals surface area contributed by atoms with Gasteiger partial charge in [-0.05, 0) is 50.8 Å². The van der Waals surface area contributed by atoms with E-state index in [0.717, 1.165) is 77.7 Å². The van der Waals surface area contributed by atoms with Crippen molar-refractivity contribution in [3.63, 3.8) is 0 Å². The summed E-state index contributed by atoms with van der Waals surface area (Å²) in [6.45, 7) is 8.78. The zero-order valence-corrected chi connectivity index (χ0v) is 16.3. The Bertz CT molecular complexity index is 999. The molecular formula is C22H26N4O. The van der Waals surface area contributed by atoms with Gasteiger partial charge in [-0.25, -0.2) is 4.98 Å². The van der Waals surface area contributed by atoms with Gasteiger partial charge in [-0.15, -0.1) is 0 Å². The van der Waals surface area contributed by atoms with Crippen molar-refractivity contribution in [2.45, 2.75) is 46.6 Å². The van der Waals surface area contributed by atoms with E-state index >= 15 is 0 Å². The number of nitrogens with zero attached hydrogens (tertiary/aromatic N) is 4. The molecule has 4 rings (SSSR count). The Kier molecular flexibility index (Phi) is 4.68. The molecule has 0 atom stereocenters. The highest BCUT2D eigenvalue weighted by atomic mass is 16.2. The second-order valence-corrected chi connectivity index (χ2v) is 7.47. The molecule has 0 N–H and O–H groups in total. The van der Waals surface area contributed by atoms with Crippen LogP contribution in [-0.4, -0.2) is 38.7 Å². The van der Waals surface area contributed by atoms with Crippen molar-refractivity contribution in [3.05, 3.63) is 47.3 Å². The summed E-state index contributed by atoms with van der Waals surface area (Å²) in [6.07, 6.45) is 7.09. The van der Waals surface area contributed by atoms with Crippen LogP contribution in [0.5, 0.6) is 0 Å². The van der Waals surface area contributed by atoms with Crippen LogP contribution in [0.25, 0.3) is 22.2 Å². The molecule has 0 aliphatic carbocycles. The number of hydrogen-bond donors (Lipinski definition) is 0. The van der Waals surface area contributed by atoms with E-state index in [2.05, 4.69) is 31.1 Å². The van der Waals surface area contributed by atoms with Crippen molar-refractivity contribution in [1.82, 2.24) is 19.7 Å². The van der Waals surface area contributed by atoms with Gasteiger partial charge in [-0.3, -0.25) is 9.48 Å². The second-order valence-electron chi connectivity index (χ2n) is 7.47. The van der Waals surface area contributed by atoms with Crippen LogP contribution in [-0.2, 0) is 6.54 Å². The van der Waals surface area contributed by atoms with Crippen LogP contribution in [0.2, 0.25) is 0 Å². The Morgan fingerprint density at radius 3 is 2.70 bits per heavy atom. The molecule has 1 amide bonds. The van der Waals surface area contributed by atoms with E-state index in [0.29, 0.717) is 0 Å². The van der Waals surface area contributed by atoms with Gasteiger partial charge in [-0.1, -0.05) is 18.6 Å². The predicted octanol–water partition coefficient (Wildman–Crippen LogP) is 4.36. The lowest BCUT2D eigenvalue weighted by molar-refractivity contribution is 0.0794. The smallest absolute Gasteiger partial charge is 0.254 e. The summed E-state index contributed by atoms with van der Waals surface area (Å²) in [4.78, 5) is 20.2. The minimum absolute atomic E-state index is 0.130. The molecule has 1 aromatic carbocycles. The molecule has 5 heteroatoms. The van der Waals surface area contributed by atoms with Gasteiger partial charge in [0.1, 0.15) is 0 Å². The Hall–Kier alpha value is -2.69. The van der Waals surface area contributed by atoms with Crippen LogP contribution in [0.15, 0.2) is 30.6 Å². The normalized spacial score (nSPS) is 14.3. The number of pyridine rings is 1. The molecule has 0 spiro atoms. The average molecular weight is 362 g/mol. The highest BCUT2D eigenvalue weighted by Crippen LogP contribution is 2.31. The second kappa shape index (κ2) is 7.14. The number of amides is 1. The number of carbonyl (C=O) groups excluding carboxylic acids is 1. The predicted molar refractivity (Wildman–Crippen MR) is 108 cm³/mol. The first-order chi connectivity index (χ1) is 13.1. The first-order valence-corrected chi connectivity index (χ1v) is 9.81. The molecule has 2 aromatic heterocycles. The molecule has 1 fully saturated rings. The van der Waals surface area contributed by atoms with Crippen molar-refractivity contribution in [3.8, 4) is 11.3 Å². The summed E-state index contributed by atoms with van der Waals surface area (Å²) >= 11 is 0. The van der Waals surface area contributed by atoms with E-state index in [4.69, 9.17) is 4.98 Å². The first kappa shape index (κ1) is 17.7. The fourth-order valence-electron chi connectivity index (χ4n) is 3.94. The van der Waals surface area contributed by atoms with E-state index < -0.39 is 0 Å². The van der Waals surface area contributed by atoms with Crippen molar-refractivity contribution < 1.29 is 4.79 Å². The van der Waals surface area contributed by atoms with Crippen LogP contribution in [0.3, 0.4) is 0 Å². The largest absolute Gasteiger partial charge is 0.339 e. The molecule has 1 saturated heterocycles. The van der Waals surface area contributed by atoms with Crippen LogP contribution < -0.4 is 0 Å². The van der Waals surface area contributed by atoms with Crippen LogP contribution >= 0.6 is 0 Å². The number of fused-ring (bicyclic) bond motifs is 1. The molecule has 1 aliphatic rings. The molecule has 3 heterocycles. The summed E-state index contributed by atoms with van der Waals surface area (Å²) < 4.78 is 1.94. The third-order valence-corrected chi connectivity index (χ3v) is 5.35. The van der Waals surface area contributed by atoms with Gasteiger partial charge in [0.05, 0.1) is 23.0 Å². The molecule has 0 unspecified atom stereocenters. The van der Waals surface area contributed by atoms with Crippen molar-refractivity contribution in [1.29, 1.82) is 0 Å². The Morgan fingerprint density at radius 2 is 1.96 bits per heavy atom. The lowest BCUT2D eigenvalue weighted by atomic mass is 9.97. The van der Waals surface area contributed by atoms with E-state index in [9.17, 15) is 4.79 Å². The summed E-state index contributed by atoms with van der Waals surface area (Å²) in [5.74, 6) is 0.130. The number of hydrogen-bond acceptors (Lipinski definition) is 3. The van der Waals surface area contributed by atoms with E-state index in [1.165, 1.54) is 0 Å².